The summed E-state index contributed by atoms with van der Waals surface area (Å²) in [4.78, 5) is 2.58. The van der Waals surface area contributed by atoms with Crippen LogP contribution in [-0.4, -0.2) is 19.1 Å². The van der Waals surface area contributed by atoms with Crippen LogP contribution in [0, 0.1) is 0 Å². The molecule has 0 aromatic heterocycles. The van der Waals surface area contributed by atoms with Crippen LogP contribution < -0.4 is 10.2 Å². The van der Waals surface area contributed by atoms with E-state index in [1.165, 1.54) is 11.3 Å². The number of anilines is 1. The van der Waals surface area contributed by atoms with Gasteiger partial charge in [0.2, 0.25) is 0 Å². The lowest BCUT2D eigenvalue weighted by Crippen LogP contribution is -2.34. The molecule has 0 saturated heterocycles. The largest absolute Gasteiger partial charge is 0.366 e. The van der Waals surface area contributed by atoms with E-state index in [1.807, 2.05) is 0 Å². The molecular weight excluding hydrogens is 184 g/mol. The summed E-state index contributed by atoms with van der Waals surface area (Å²) in [6.45, 7) is 7.97. The van der Waals surface area contributed by atoms with E-state index >= 15 is 0 Å². The molecule has 1 N–H and O–H groups in total. The first-order chi connectivity index (χ1) is 7.29. The number of para-hydroxylation sites is 1. The monoisotopic (exact) mass is 202 g/mol. The molecular formula is C13H18N2. The molecule has 2 aliphatic rings. The quantitative estimate of drug-likeness (QED) is 0.693. The molecule has 1 aromatic rings. The lowest BCUT2D eigenvalue weighted by atomic mass is 9.97. The lowest BCUT2D eigenvalue weighted by molar-refractivity contribution is 0.580. The molecule has 0 spiro atoms. The molecule has 15 heavy (non-hydrogen) atoms. The molecule has 2 aliphatic heterocycles. The van der Waals surface area contributed by atoms with Gasteiger partial charge in [0.1, 0.15) is 0 Å². The molecule has 2 heteroatoms. The molecule has 0 amide bonds. The van der Waals surface area contributed by atoms with Gasteiger partial charge in [-0.15, -0.1) is 0 Å². The van der Waals surface area contributed by atoms with Crippen molar-refractivity contribution in [3.63, 3.8) is 0 Å². The second-order valence-electron chi connectivity index (χ2n) is 4.75. The zero-order valence-corrected chi connectivity index (χ0v) is 9.46. The molecule has 0 saturated carbocycles. The van der Waals surface area contributed by atoms with Crippen molar-refractivity contribution in [2.45, 2.75) is 32.4 Å². The van der Waals surface area contributed by atoms with E-state index in [0.717, 1.165) is 19.6 Å². The lowest BCUT2D eigenvalue weighted by Gasteiger charge is -2.25. The predicted octanol–water partition coefficient (Wildman–Crippen LogP) is 2.10. The van der Waals surface area contributed by atoms with Crippen LogP contribution in [0.3, 0.4) is 0 Å². The minimum Gasteiger partial charge on any atom is -0.366 e. The number of nitrogens with zero attached hydrogens (tertiary/aromatic N) is 1. The Hall–Kier alpha value is -1.02. The Morgan fingerprint density at radius 3 is 3.07 bits per heavy atom. The maximum Gasteiger partial charge on any atom is 0.0450 e. The van der Waals surface area contributed by atoms with E-state index in [1.54, 1.807) is 5.56 Å². The van der Waals surface area contributed by atoms with Crippen LogP contribution >= 0.6 is 0 Å². The van der Waals surface area contributed by atoms with Gasteiger partial charge in [0.25, 0.3) is 0 Å². The van der Waals surface area contributed by atoms with Gasteiger partial charge in [0.15, 0.2) is 0 Å². The van der Waals surface area contributed by atoms with Gasteiger partial charge in [-0.2, -0.15) is 0 Å². The Kier molecular flexibility index (Phi) is 1.99. The number of hydrogen-bond donors (Lipinski definition) is 1. The third kappa shape index (κ3) is 1.21. The summed E-state index contributed by atoms with van der Waals surface area (Å²) in [6.07, 6.45) is 0. The fourth-order valence-electron chi connectivity index (χ4n) is 2.94. The van der Waals surface area contributed by atoms with Crippen molar-refractivity contribution >= 4 is 5.69 Å². The molecule has 0 radical (unpaired) electrons. The maximum atomic E-state index is 3.49. The van der Waals surface area contributed by atoms with Crippen molar-refractivity contribution < 1.29 is 0 Å². The van der Waals surface area contributed by atoms with Gasteiger partial charge >= 0.3 is 0 Å². The van der Waals surface area contributed by atoms with Crippen LogP contribution in [0.1, 0.15) is 30.9 Å². The summed E-state index contributed by atoms with van der Waals surface area (Å²) in [5, 5.41) is 3.49. The van der Waals surface area contributed by atoms with Crippen LogP contribution in [0.2, 0.25) is 0 Å². The molecule has 0 aliphatic carbocycles. The van der Waals surface area contributed by atoms with Crippen LogP contribution in [0.25, 0.3) is 0 Å². The van der Waals surface area contributed by atoms with Crippen LogP contribution in [0.4, 0.5) is 5.69 Å². The fourth-order valence-corrected chi connectivity index (χ4v) is 2.94. The van der Waals surface area contributed by atoms with Crippen molar-refractivity contribution in [2.75, 3.05) is 18.0 Å². The molecule has 0 unspecified atom stereocenters. The van der Waals surface area contributed by atoms with E-state index in [9.17, 15) is 0 Å². The summed E-state index contributed by atoms with van der Waals surface area (Å²) < 4.78 is 0. The molecule has 3 rings (SSSR count). The summed E-state index contributed by atoms with van der Waals surface area (Å²) in [5.74, 6) is 0.679. The summed E-state index contributed by atoms with van der Waals surface area (Å²) in [6, 6.07) is 7.41. The van der Waals surface area contributed by atoms with Crippen LogP contribution in [0.15, 0.2) is 18.2 Å². The highest BCUT2D eigenvalue weighted by molar-refractivity contribution is 5.66. The zero-order chi connectivity index (χ0) is 10.4. The second kappa shape index (κ2) is 3.24. The average Bonchev–Trinajstić information content (AvgIpc) is 2.45. The Balaban J connectivity index is 2.19. The minimum absolute atomic E-state index is 0.654. The average molecular weight is 202 g/mol. The molecule has 2 atom stereocenters. The highest BCUT2D eigenvalue weighted by atomic mass is 15.2. The first-order valence-corrected chi connectivity index (χ1v) is 5.88. The van der Waals surface area contributed by atoms with Crippen LogP contribution in [0.5, 0.6) is 0 Å². The summed E-state index contributed by atoms with van der Waals surface area (Å²) >= 11 is 0. The Morgan fingerprint density at radius 2 is 2.20 bits per heavy atom. The van der Waals surface area contributed by atoms with Gasteiger partial charge in [0, 0.05) is 37.3 Å². The maximum absolute atomic E-state index is 3.49. The van der Waals surface area contributed by atoms with Gasteiger partial charge in [-0.1, -0.05) is 25.1 Å². The summed E-state index contributed by atoms with van der Waals surface area (Å²) in [7, 11) is 0. The number of hydrogen-bond acceptors (Lipinski definition) is 2. The first kappa shape index (κ1) is 9.22. The van der Waals surface area contributed by atoms with Crippen LogP contribution in [-0.2, 0) is 6.54 Å². The molecule has 80 valence electrons. The third-order valence-electron chi connectivity index (χ3n) is 3.99. The van der Waals surface area contributed by atoms with Crippen molar-refractivity contribution in [3.05, 3.63) is 29.3 Å². The van der Waals surface area contributed by atoms with Crippen molar-refractivity contribution in [3.8, 4) is 0 Å². The van der Waals surface area contributed by atoms with E-state index in [0.29, 0.717) is 12.0 Å². The number of nitrogens with one attached hydrogen (secondary N) is 1. The SMILES string of the molecule is C[C@@H]1c2cccc3c2N(CCNC3)[C@H]1C. The van der Waals surface area contributed by atoms with Crippen molar-refractivity contribution in [1.82, 2.24) is 5.32 Å². The highest BCUT2D eigenvalue weighted by Gasteiger charge is 2.34. The Labute approximate surface area is 91.3 Å². The number of rotatable bonds is 0. The Morgan fingerprint density at radius 1 is 1.33 bits per heavy atom. The first-order valence-electron chi connectivity index (χ1n) is 5.88. The standard InChI is InChI=1S/C13H18N2/c1-9-10(2)15-7-6-14-8-11-4-3-5-12(9)13(11)15/h3-5,9-10,14H,6-8H2,1-2H3/t9-,10-/m0/s1. The topological polar surface area (TPSA) is 15.3 Å². The van der Waals surface area contributed by atoms with Crippen molar-refractivity contribution in [2.24, 2.45) is 0 Å². The van der Waals surface area contributed by atoms with E-state index in [-0.39, 0.29) is 0 Å². The normalized spacial score (nSPS) is 28.8. The molecule has 2 heterocycles. The molecule has 0 fully saturated rings. The third-order valence-corrected chi connectivity index (χ3v) is 3.99. The van der Waals surface area contributed by atoms with E-state index in [4.69, 9.17) is 0 Å². The number of benzene rings is 1. The van der Waals surface area contributed by atoms with E-state index in [2.05, 4.69) is 42.3 Å². The Bertz CT molecular complexity index is 386. The molecule has 0 bridgehead atoms. The summed E-state index contributed by atoms with van der Waals surface area (Å²) in [5.41, 5.74) is 4.53. The minimum atomic E-state index is 0.654. The van der Waals surface area contributed by atoms with Gasteiger partial charge in [0.05, 0.1) is 0 Å². The van der Waals surface area contributed by atoms with Gasteiger partial charge in [-0.05, 0) is 18.1 Å². The molecule has 1 aromatic carbocycles. The van der Waals surface area contributed by atoms with Gasteiger partial charge in [-0.25, -0.2) is 0 Å². The smallest absolute Gasteiger partial charge is 0.0450 e. The van der Waals surface area contributed by atoms with Gasteiger partial charge in [-0.3, -0.25) is 0 Å². The second-order valence-corrected chi connectivity index (χ2v) is 4.75. The molecule has 2 nitrogen and oxygen atoms in total. The van der Waals surface area contributed by atoms with Gasteiger partial charge < -0.3 is 10.2 Å². The highest BCUT2D eigenvalue weighted by Crippen LogP contribution is 2.43. The van der Waals surface area contributed by atoms with E-state index < -0.39 is 0 Å². The zero-order valence-electron chi connectivity index (χ0n) is 9.46. The fraction of sp³-hybridized carbons (Fsp3) is 0.538. The predicted molar refractivity (Wildman–Crippen MR) is 63.4 cm³/mol. The van der Waals surface area contributed by atoms with Crippen molar-refractivity contribution in [1.29, 1.82) is 0 Å².